The molecule has 1 N–H and O–H groups in total. The quantitative estimate of drug-likeness (QED) is 0.703. The van der Waals surface area contributed by atoms with Crippen molar-refractivity contribution in [1.29, 1.82) is 5.26 Å². The molecule has 0 aliphatic rings. The third-order valence-corrected chi connectivity index (χ3v) is 2.82. The van der Waals surface area contributed by atoms with Gasteiger partial charge in [0, 0.05) is 6.42 Å². The van der Waals surface area contributed by atoms with E-state index in [9.17, 15) is 4.79 Å². The largest absolute Gasteiger partial charge is 0.481 e. The summed E-state index contributed by atoms with van der Waals surface area (Å²) in [6.07, 6.45) is 3.76. The van der Waals surface area contributed by atoms with E-state index in [1.54, 1.807) is 0 Å². The minimum atomic E-state index is -0.729. The van der Waals surface area contributed by atoms with Crippen LogP contribution in [0.25, 0.3) is 0 Å². The minimum Gasteiger partial charge on any atom is -0.481 e. The van der Waals surface area contributed by atoms with Crippen LogP contribution in [0.2, 0.25) is 0 Å². The fourth-order valence-electron chi connectivity index (χ4n) is 1.50. The number of nitriles is 1. The van der Waals surface area contributed by atoms with Crippen molar-refractivity contribution in [2.24, 2.45) is 11.3 Å². The first-order chi connectivity index (χ1) is 6.91. The van der Waals surface area contributed by atoms with Gasteiger partial charge in [0.15, 0.2) is 0 Å². The van der Waals surface area contributed by atoms with Gasteiger partial charge in [0.05, 0.1) is 11.5 Å². The maximum absolute atomic E-state index is 10.4. The highest BCUT2D eigenvalue weighted by Crippen LogP contribution is 2.27. The molecule has 0 radical (unpaired) electrons. The fraction of sp³-hybridized carbons (Fsp3) is 0.833. The lowest BCUT2D eigenvalue weighted by atomic mass is 9.84. The van der Waals surface area contributed by atoms with Crippen molar-refractivity contribution in [2.75, 3.05) is 0 Å². The molecule has 0 saturated heterocycles. The van der Waals surface area contributed by atoms with Gasteiger partial charge < -0.3 is 5.11 Å². The maximum atomic E-state index is 10.4. The van der Waals surface area contributed by atoms with Gasteiger partial charge in [-0.2, -0.15) is 5.26 Å². The first-order valence-electron chi connectivity index (χ1n) is 5.54. The van der Waals surface area contributed by atoms with Crippen molar-refractivity contribution in [3.05, 3.63) is 0 Å². The molecule has 86 valence electrons. The van der Waals surface area contributed by atoms with E-state index in [-0.39, 0.29) is 11.8 Å². The molecule has 0 aromatic carbocycles. The fourth-order valence-corrected chi connectivity index (χ4v) is 1.50. The summed E-state index contributed by atoms with van der Waals surface area (Å²) in [4.78, 5) is 10.4. The van der Waals surface area contributed by atoms with Gasteiger partial charge in [0.2, 0.25) is 0 Å². The van der Waals surface area contributed by atoms with Crippen molar-refractivity contribution in [3.8, 4) is 6.07 Å². The normalized spacial score (nSPS) is 13.2. The van der Waals surface area contributed by atoms with E-state index in [0.29, 0.717) is 5.92 Å². The molecule has 0 fully saturated rings. The van der Waals surface area contributed by atoms with E-state index in [1.165, 1.54) is 0 Å². The van der Waals surface area contributed by atoms with Crippen LogP contribution in [0, 0.1) is 22.7 Å². The number of carboxylic acid groups (broad SMARTS) is 1. The van der Waals surface area contributed by atoms with Crippen LogP contribution < -0.4 is 0 Å². The molecule has 0 bridgehead atoms. The summed E-state index contributed by atoms with van der Waals surface area (Å²) in [6.45, 7) is 5.93. The van der Waals surface area contributed by atoms with Gasteiger partial charge in [0.25, 0.3) is 0 Å². The van der Waals surface area contributed by atoms with Gasteiger partial charge in [-0.05, 0) is 39.0 Å². The van der Waals surface area contributed by atoms with E-state index < -0.39 is 5.97 Å². The van der Waals surface area contributed by atoms with Crippen LogP contribution in [0.1, 0.15) is 52.9 Å². The number of rotatable bonds is 7. The van der Waals surface area contributed by atoms with Crippen molar-refractivity contribution >= 4 is 5.97 Å². The molecule has 3 nitrogen and oxygen atoms in total. The topological polar surface area (TPSA) is 61.1 Å². The van der Waals surface area contributed by atoms with Gasteiger partial charge in [-0.15, -0.1) is 0 Å². The second-order valence-electron chi connectivity index (χ2n) is 4.74. The zero-order chi connectivity index (χ0) is 11.9. The highest BCUT2D eigenvalue weighted by Gasteiger charge is 2.19. The molecule has 0 aliphatic carbocycles. The Hall–Kier alpha value is -1.04. The number of nitrogens with zero attached hydrogens (tertiary/aromatic N) is 1. The van der Waals surface area contributed by atoms with E-state index in [0.717, 1.165) is 25.7 Å². The van der Waals surface area contributed by atoms with Gasteiger partial charge >= 0.3 is 5.97 Å². The summed E-state index contributed by atoms with van der Waals surface area (Å²) >= 11 is 0. The van der Waals surface area contributed by atoms with E-state index in [4.69, 9.17) is 10.4 Å². The molecule has 15 heavy (non-hydrogen) atoms. The first kappa shape index (κ1) is 14.0. The molecule has 0 heterocycles. The molecule has 3 heteroatoms. The molecule has 0 aromatic heterocycles. The van der Waals surface area contributed by atoms with Crippen LogP contribution in [0.5, 0.6) is 0 Å². The lowest BCUT2D eigenvalue weighted by Crippen LogP contribution is -2.12. The Kier molecular flexibility index (Phi) is 6.00. The molecule has 0 aliphatic heterocycles. The van der Waals surface area contributed by atoms with Gasteiger partial charge in [0.1, 0.15) is 0 Å². The average Bonchev–Trinajstić information content (AvgIpc) is 2.18. The third kappa shape index (κ3) is 6.96. The molecule has 0 rings (SSSR count). The Morgan fingerprint density at radius 1 is 1.47 bits per heavy atom. The highest BCUT2D eigenvalue weighted by molar-refractivity contribution is 5.66. The van der Waals surface area contributed by atoms with Crippen LogP contribution >= 0.6 is 0 Å². The summed E-state index contributed by atoms with van der Waals surface area (Å²) in [6, 6.07) is 2.27. The zero-order valence-corrected chi connectivity index (χ0v) is 9.92. The third-order valence-electron chi connectivity index (χ3n) is 2.82. The van der Waals surface area contributed by atoms with Gasteiger partial charge in [-0.25, -0.2) is 0 Å². The number of carboxylic acids is 1. The van der Waals surface area contributed by atoms with Crippen molar-refractivity contribution in [2.45, 2.75) is 52.9 Å². The summed E-state index contributed by atoms with van der Waals surface area (Å²) < 4.78 is 0. The molecule has 0 spiro atoms. The van der Waals surface area contributed by atoms with Crippen molar-refractivity contribution < 1.29 is 9.90 Å². The summed E-state index contributed by atoms with van der Waals surface area (Å²) in [7, 11) is 0. The number of aliphatic carboxylic acids is 1. The molecule has 0 saturated carbocycles. The average molecular weight is 211 g/mol. The summed E-state index contributed by atoms with van der Waals surface area (Å²) in [5.74, 6) is -0.290. The molecular weight excluding hydrogens is 190 g/mol. The molecule has 0 aromatic rings. The lowest BCUT2D eigenvalue weighted by molar-refractivity contribution is -0.137. The smallest absolute Gasteiger partial charge is 0.303 e. The monoisotopic (exact) mass is 211 g/mol. The van der Waals surface area contributed by atoms with Crippen LogP contribution in [0.15, 0.2) is 0 Å². The first-order valence-corrected chi connectivity index (χ1v) is 5.54. The van der Waals surface area contributed by atoms with E-state index >= 15 is 0 Å². The molecule has 0 amide bonds. The molecular formula is C12H21NO2. The maximum Gasteiger partial charge on any atom is 0.303 e. The Morgan fingerprint density at radius 2 is 2.07 bits per heavy atom. The number of hydrogen-bond acceptors (Lipinski definition) is 2. The van der Waals surface area contributed by atoms with Gasteiger partial charge in [-0.1, -0.05) is 13.3 Å². The van der Waals surface area contributed by atoms with Crippen LogP contribution in [-0.2, 0) is 4.79 Å². The van der Waals surface area contributed by atoms with Gasteiger partial charge in [-0.3, -0.25) is 4.79 Å². The minimum absolute atomic E-state index is 0.242. The lowest BCUT2D eigenvalue weighted by Gasteiger charge is -2.19. The van der Waals surface area contributed by atoms with Crippen LogP contribution in [0.4, 0.5) is 0 Å². The molecule has 1 unspecified atom stereocenters. The second kappa shape index (κ2) is 6.44. The Balaban J connectivity index is 3.91. The predicted molar refractivity (Wildman–Crippen MR) is 59.3 cm³/mol. The zero-order valence-electron chi connectivity index (χ0n) is 9.92. The Bertz CT molecular complexity index is 240. The number of hydrogen-bond donors (Lipinski definition) is 1. The predicted octanol–water partition coefficient (Wildman–Crippen LogP) is 3.21. The summed E-state index contributed by atoms with van der Waals surface area (Å²) in [5.41, 5.74) is -0.281. The van der Waals surface area contributed by atoms with Crippen LogP contribution in [-0.4, -0.2) is 11.1 Å². The number of carbonyl (C=O) groups is 1. The van der Waals surface area contributed by atoms with E-state index in [1.807, 2.05) is 13.8 Å². The summed E-state index contributed by atoms with van der Waals surface area (Å²) in [5, 5.41) is 17.4. The molecule has 1 atom stereocenters. The Morgan fingerprint density at radius 3 is 2.47 bits per heavy atom. The van der Waals surface area contributed by atoms with Crippen LogP contribution in [0.3, 0.4) is 0 Å². The van der Waals surface area contributed by atoms with Crippen molar-refractivity contribution in [3.63, 3.8) is 0 Å². The Labute approximate surface area is 92.1 Å². The van der Waals surface area contributed by atoms with E-state index in [2.05, 4.69) is 13.0 Å². The van der Waals surface area contributed by atoms with Crippen molar-refractivity contribution in [1.82, 2.24) is 0 Å². The standard InChI is InChI=1S/C12H21NO2/c1-4-10(5-6-11(14)15)7-8-12(2,3)9-13/h10H,4-8H2,1-3H3,(H,14,15). The highest BCUT2D eigenvalue weighted by atomic mass is 16.4. The second-order valence-corrected chi connectivity index (χ2v) is 4.74. The SMILES string of the molecule is CCC(CCC(=O)O)CCC(C)(C)C#N.